The lowest BCUT2D eigenvalue weighted by molar-refractivity contribution is -0.127. The van der Waals surface area contributed by atoms with Crippen molar-refractivity contribution < 1.29 is 14.3 Å². The minimum absolute atomic E-state index is 0.243. The molecule has 4 nitrogen and oxygen atoms in total. The minimum Gasteiger partial charge on any atom is -0.490 e. The van der Waals surface area contributed by atoms with Crippen molar-refractivity contribution in [2.75, 3.05) is 13.2 Å². The van der Waals surface area contributed by atoms with Gasteiger partial charge < -0.3 is 14.8 Å². The fraction of sp³-hybridized carbons (Fsp3) is 0.235. The van der Waals surface area contributed by atoms with E-state index in [1.165, 1.54) is 0 Å². The number of nitrogens with one attached hydrogen (secondary N) is 1. The highest BCUT2D eigenvalue weighted by Gasteiger charge is 2.15. The molecule has 1 amide bonds. The Bertz CT molecular complexity index is 664. The zero-order chi connectivity index (χ0) is 16.7. The van der Waals surface area contributed by atoms with Gasteiger partial charge in [0.25, 0.3) is 5.91 Å². The normalized spacial score (nSPS) is 11.6. The van der Waals surface area contributed by atoms with Crippen molar-refractivity contribution in [2.24, 2.45) is 0 Å². The van der Waals surface area contributed by atoms with Crippen molar-refractivity contribution in [3.63, 3.8) is 0 Å². The first-order valence-electron chi connectivity index (χ1n) is 7.14. The summed E-state index contributed by atoms with van der Waals surface area (Å²) in [5.41, 5.74) is 0. The van der Waals surface area contributed by atoms with E-state index in [-0.39, 0.29) is 5.91 Å². The molecule has 0 aliphatic carbocycles. The predicted octanol–water partition coefficient (Wildman–Crippen LogP) is 3.96. The van der Waals surface area contributed by atoms with Gasteiger partial charge in [0.15, 0.2) is 6.10 Å². The monoisotopic (exact) mass is 353 g/mol. The van der Waals surface area contributed by atoms with Crippen molar-refractivity contribution in [2.45, 2.75) is 13.0 Å². The van der Waals surface area contributed by atoms with E-state index in [1.54, 1.807) is 43.3 Å². The summed E-state index contributed by atoms with van der Waals surface area (Å²) >= 11 is 12.0. The van der Waals surface area contributed by atoms with Gasteiger partial charge in [0.05, 0.1) is 16.6 Å². The largest absolute Gasteiger partial charge is 0.490 e. The van der Waals surface area contributed by atoms with Gasteiger partial charge in [0.2, 0.25) is 0 Å². The molecule has 0 aromatic heterocycles. The molecule has 0 saturated heterocycles. The Morgan fingerprint density at radius 2 is 1.61 bits per heavy atom. The molecule has 0 aliphatic heterocycles. The Hall–Kier alpha value is -1.91. The average Bonchev–Trinajstić information content (AvgIpc) is 2.55. The van der Waals surface area contributed by atoms with Crippen LogP contribution in [0.4, 0.5) is 0 Å². The number of carbonyl (C=O) groups is 1. The molecule has 0 spiro atoms. The van der Waals surface area contributed by atoms with Gasteiger partial charge in [0, 0.05) is 0 Å². The van der Waals surface area contributed by atoms with E-state index in [0.29, 0.717) is 34.7 Å². The van der Waals surface area contributed by atoms with Gasteiger partial charge in [-0.2, -0.15) is 0 Å². The van der Waals surface area contributed by atoms with Crippen LogP contribution < -0.4 is 14.8 Å². The highest BCUT2D eigenvalue weighted by atomic mass is 35.5. The Balaban J connectivity index is 1.74. The average molecular weight is 354 g/mol. The number of rotatable bonds is 7. The van der Waals surface area contributed by atoms with E-state index in [9.17, 15) is 4.79 Å². The highest BCUT2D eigenvalue weighted by molar-refractivity contribution is 6.32. The summed E-state index contributed by atoms with van der Waals surface area (Å²) in [6.45, 7) is 2.32. The van der Waals surface area contributed by atoms with Crippen molar-refractivity contribution in [3.05, 3.63) is 58.6 Å². The smallest absolute Gasteiger partial charge is 0.260 e. The Labute approximate surface area is 145 Å². The molecule has 2 aromatic carbocycles. The van der Waals surface area contributed by atoms with Crippen LogP contribution in [0.5, 0.6) is 11.5 Å². The molecule has 6 heteroatoms. The molecular formula is C17H17Cl2NO3. The SMILES string of the molecule is C[C@@H](Oc1ccccc1Cl)C(=O)NCCOc1ccccc1Cl. The van der Waals surface area contributed by atoms with Gasteiger partial charge in [-0.1, -0.05) is 47.5 Å². The first kappa shape index (κ1) is 17.4. The van der Waals surface area contributed by atoms with E-state index >= 15 is 0 Å². The molecule has 122 valence electrons. The topological polar surface area (TPSA) is 47.6 Å². The molecule has 1 N–H and O–H groups in total. The summed E-state index contributed by atoms with van der Waals surface area (Å²) in [5, 5.41) is 3.74. The van der Waals surface area contributed by atoms with Gasteiger partial charge in [0.1, 0.15) is 18.1 Å². The molecule has 0 unspecified atom stereocenters. The van der Waals surface area contributed by atoms with Crippen LogP contribution in [-0.2, 0) is 4.79 Å². The summed E-state index contributed by atoms with van der Waals surface area (Å²) < 4.78 is 11.0. The third-order valence-corrected chi connectivity index (χ3v) is 3.63. The summed E-state index contributed by atoms with van der Waals surface area (Å²) in [5.74, 6) is 0.820. The van der Waals surface area contributed by atoms with Gasteiger partial charge in [-0.25, -0.2) is 0 Å². The van der Waals surface area contributed by atoms with E-state index in [2.05, 4.69) is 5.32 Å². The lowest BCUT2D eigenvalue weighted by atomic mass is 10.3. The summed E-state index contributed by atoms with van der Waals surface area (Å²) in [4.78, 5) is 12.0. The van der Waals surface area contributed by atoms with Crippen LogP contribution in [0.3, 0.4) is 0 Å². The number of carbonyl (C=O) groups excluding carboxylic acids is 1. The number of halogens is 2. The molecule has 2 rings (SSSR count). The van der Waals surface area contributed by atoms with Crippen LogP contribution in [0.15, 0.2) is 48.5 Å². The van der Waals surface area contributed by atoms with E-state index in [4.69, 9.17) is 32.7 Å². The summed E-state index contributed by atoms with van der Waals surface area (Å²) in [7, 11) is 0. The van der Waals surface area contributed by atoms with Gasteiger partial charge in [-0.05, 0) is 31.2 Å². The van der Waals surface area contributed by atoms with Gasteiger partial charge in [-0.3, -0.25) is 4.79 Å². The third-order valence-electron chi connectivity index (χ3n) is 3.01. The Morgan fingerprint density at radius 1 is 1.04 bits per heavy atom. The number of benzene rings is 2. The highest BCUT2D eigenvalue weighted by Crippen LogP contribution is 2.24. The number of hydrogen-bond acceptors (Lipinski definition) is 3. The first-order valence-corrected chi connectivity index (χ1v) is 7.89. The zero-order valence-electron chi connectivity index (χ0n) is 12.6. The van der Waals surface area contributed by atoms with E-state index < -0.39 is 6.10 Å². The Morgan fingerprint density at radius 3 is 2.22 bits per heavy atom. The van der Waals surface area contributed by atoms with Crippen molar-refractivity contribution in [3.8, 4) is 11.5 Å². The molecule has 0 radical (unpaired) electrons. The molecule has 2 aromatic rings. The van der Waals surface area contributed by atoms with Crippen molar-refractivity contribution in [1.29, 1.82) is 0 Å². The lowest BCUT2D eigenvalue weighted by Crippen LogP contribution is -2.38. The second-order valence-electron chi connectivity index (χ2n) is 4.76. The predicted molar refractivity (Wildman–Crippen MR) is 91.5 cm³/mol. The first-order chi connectivity index (χ1) is 11.1. The number of hydrogen-bond donors (Lipinski definition) is 1. The van der Waals surface area contributed by atoms with Gasteiger partial charge in [-0.15, -0.1) is 0 Å². The lowest BCUT2D eigenvalue weighted by Gasteiger charge is -2.15. The van der Waals surface area contributed by atoms with E-state index in [0.717, 1.165) is 0 Å². The summed E-state index contributed by atoms with van der Waals surface area (Å²) in [6, 6.07) is 14.2. The second kappa shape index (κ2) is 8.65. The molecule has 0 heterocycles. The van der Waals surface area contributed by atoms with Gasteiger partial charge >= 0.3 is 0 Å². The quantitative estimate of drug-likeness (QED) is 0.766. The van der Waals surface area contributed by atoms with Crippen LogP contribution in [0, 0.1) is 0 Å². The van der Waals surface area contributed by atoms with Crippen molar-refractivity contribution in [1.82, 2.24) is 5.32 Å². The number of amides is 1. The van der Waals surface area contributed by atoms with Crippen LogP contribution in [0.25, 0.3) is 0 Å². The van der Waals surface area contributed by atoms with Crippen LogP contribution in [0.2, 0.25) is 10.0 Å². The van der Waals surface area contributed by atoms with Crippen LogP contribution in [0.1, 0.15) is 6.92 Å². The summed E-state index contributed by atoms with van der Waals surface area (Å²) in [6.07, 6.45) is -0.657. The molecular weight excluding hydrogens is 337 g/mol. The maximum Gasteiger partial charge on any atom is 0.260 e. The second-order valence-corrected chi connectivity index (χ2v) is 5.57. The van der Waals surface area contributed by atoms with Crippen LogP contribution in [-0.4, -0.2) is 25.2 Å². The number of para-hydroxylation sites is 2. The molecule has 1 atom stereocenters. The molecule has 0 bridgehead atoms. The van der Waals surface area contributed by atoms with Crippen molar-refractivity contribution >= 4 is 29.1 Å². The minimum atomic E-state index is -0.657. The maximum absolute atomic E-state index is 12.0. The Kier molecular flexibility index (Phi) is 6.56. The number of ether oxygens (including phenoxy) is 2. The molecule has 0 fully saturated rings. The fourth-order valence-electron chi connectivity index (χ4n) is 1.83. The molecule has 23 heavy (non-hydrogen) atoms. The van der Waals surface area contributed by atoms with Crippen LogP contribution >= 0.6 is 23.2 Å². The molecule has 0 saturated carbocycles. The standard InChI is InChI=1S/C17H17Cl2NO3/c1-12(23-16-9-5-3-7-14(16)19)17(21)20-10-11-22-15-8-4-2-6-13(15)18/h2-9,12H,10-11H2,1H3,(H,20,21)/t12-/m1/s1. The maximum atomic E-state index is 12.0. The molecule has 0 aliphatic rings. The zero-order valence-corrected chi connectivity index (χ0v) is 14.1. The van der Waals surface area contributed by atoms with E-state index in [1.807, 2.05) is 12.1 Å². The third kappa shape index (κ3) is 5.34. The fourth-order valence-corrected chi connectivity index (χ4v) is 2.20.